The molecule has 2 aromatic heterocycles. The number of aromatic nitrogens is 4. The van der Waals surface area contributed by atoms with Gasteiger partial charge in [-0.3, -0.25) is 9.59 Å². The van der Waals surface area contributed by atoms with E-state index in [1.807, 2.05) is 48.5 Å². The van der Waals surface area contributed by atoms with Crippen LogP contribution in [0.1, 0.15) is 64.9 Å². The number of carbonyl (C=O) groups excluding carboxylic acids is 2. The van der Waals surface area contributed by atoms with Crippen molar-refractivity contribution < 1.29 is 14.3 Å². The summed E-state index contributed by atoms with van der Waals surface area (Å²) in [6, 6.07) is 17.9. The van der Waals surface area contributed by atoms with E-state index in [0.29, 0.717) is 42.5 Å². The van der Waals surface area contributed by atoms with Crippen LogP contribution in [0, 0.1) is 10.8 Å². The molecule has 0 fully saturated rings. The molecule has 0 amide bonds. The highest BCUT2D eigenvalue weighted by molar-refractivity contribution is 6.09. The lowest BCUT2D eigenvalue weighted by molar-refractivity contribution is -0.119. The molecule has 1 aliphatic heterocycles. The molecular formula is C33H33N5O3. The molecule has 3 heterocycles. The van der Waals surface area contributed by atoms with Crippen LogP contribution >= 0.6 is 0 Å². The van der Waals surface area contributed by atoms with Crippen molar-refractivity contribution in [1.29, 1.82) is 0 Å². The largest absolute Gasteiger partial charge is 0.497 e. The van der Waals surface area contributed by atoms with E-state index in [9.17, 15) is 9.59 Å². The van der Waals surface area contributed by atoms with Gasteiger partial charge in [0, 0.05) is 57.9 Å². The van der Waals surface area contributed by atoms with Gasteiger partial charge >= 0.3 is 0 Å². The van der Waals surface area contributed by atoms with E-state index in [4.69, 9.17) is 4.74 Å². The summed E-state index contributed by atoms with van der Waals surface area (Å²) in [7, 11) is 1.65. The van der Waals surface area contributed by atoms with Crippen LogP contribution in [-0.2, 0) is 9.59 Å². The lowest BCUT2D eigenvalue weighted by Gasteiger charge is -2.49. The number of hydrogen-bond donors (Lipinski definition) is 0. The Morgan fingerprint density at radius 2 is 1.44 bits per heavy atom. The van der Waals surface area contributed by atoms with Gasteiger partial charge in [-0.15, -0.1) is 5.10 Å². The van der Waals surface area contributed by atoms with Crippen LogP contribution in [0.5, 0.6) is 5.75 Å². The Morgan fingerprint density at radius 1 is 0.829 bits per heavy atom. The van der Waals surface area contributed by atoms with Crippen molar-refractivity contribution in [1.82, 2.24) is 20.0 Å². The molecule has 3 aliphatic rings. The Labute approximate surface area is 238 Å². The molecule has 0 saturated heterocycles. The third-order valence-electron chi connectivity index (χ3n) is 8.76. The Hall–Kier alpha value is -4.33. The number of pyridine rings is 1. The molecule has 7 rings (SSSR count). The SMILES string of the molecule is COc1ccc(N2C3=C(C(=O)CC(C)(C)C3)C(c3cc4ccccc4n4nnnc34)C3=C2CC(C)(C)CC3=O)cc1. The molecule has 8 nitrogen and oxygen atoms in total. The van der Waals surface area contributed by atoms with Crippen molar-refractivity contribution in [3.63, 3.8) is 0 Å². The van der Waals surface area contributed by atoms with E-state index in [-0.39, 0.29) is 22.4 Å². The number of methoxy groups -OCH3 is 1. The van der Waals surface area contributed by atoms with E-state index in [0.717, 1.165) is 39.3 Å². The van der Waals surface area contributed by atoms with Crippen molar-refractivity contribution in [3.05, 3.63) is 82.7 Å². The molecule has 208 valence electrons. The van der Waals surface area contributed by atoms with Gasteiger partial charge in [-0.2, -0.15) is 4.52 Å². The van der Waals surface area contributed by atoms with Crippen LogP contribution in [0.25, 0.3) is 16.6 Å². The van der Waals surface area contributed by atoms with Crippen molar-refractivity contribution in [2.45, 2.75) is 59.3 Å². The first-order valence-electron chi connectivity index (χ1n) is 14.1. The Kier molecular flexibility index (Phi) is 5.52. The predicted octanol–water partition coefficient (Wildman–Crippen LogP) is 6.18. The number of nitrogens with zero attached hydrogens (tertiary/aromatic N) is 5. The summed E-state index contributed by atoms with van der Waals surface area (Å²) in [6.45, 7) is 8.58. The summed E-state index contributed by atoms with van der Waals surface area (Å²) < 4.78 is 7.17. The van der Waals surface area contributed by atoms with E-state index in [1.54, 1.807) is 11.6 Å². The average Bonchev–Trinajstić information content (AvgIpc) is 3.41. The number of ether oxygens (including phenoxy) is 1. The van der Waals surface area contributed by atoms with Gasteiger partial charge in [0.25, 0.3) is 0 Å². The number of Topliss-reactive ketones (excluding diaryl/α,β-unsaturated/α-hetero) is 2. The summed E-state index contributed by atoms with van der Waals surface area (Å²) in [5.74, 6) is 0.357. The molecule has 2 aliphatic carbocycles. The molecule has 0 bridgehead atoms. The number of ketones is 2. The Morgan fingerprint density at radius 3 is 2.05 bits per heavy atom. The summed E-state index contributed by atoms with van der Waals surface area (Å²) in [5, 5.41) is 13.7. The number of anilines is 1. The normalized spacial score (nSPS) is 20.6. The minimum Gasteiger partial charge on any atom is -0.497 e. The van der Waals surface area contributed by atoms with Crippen LogP contribution in [0.15, 0.2) is 77.1 Å². The van der Waals surface area contributed by atoms with Gasteiger partial charge in [0.05, 0.1) is 12.6 Å². The van der Waals surface area contributed by atoms with Gasteiger partial charge in [0.2, 0.25) is 0 Å². The highest BCUT2D eigenvalue weighted by Gasteiger charge is 2.50. The fourth-order valence-corrected chi connectivity index (χ4v) is 7.10. The molecular weight excluding hydrogens is 514 g/mol. The lowest BCUT2D eigenvalue weighted by Crippen LogP contribution is -2.44. The quantitative estimate of drug-likeness (QED) is 0.303. The minimum atomic E-state index is -0.542. The maximum Gasteiger partial charge on any atom is 0.184 e. The number of rotatable bonds is 3. The predicted molar refractivity (Wildman–Crippen MR) is 157 cm³/mol. The third-order valence-corrected chi connectivity index (χ3v) is 8.76. The van der Waals surface area contributed by atoms with E-state index in [1.165, 1.54) is 0 Å². The fourth-order valence-electron chi connectivity index (χ4n) is 7.10. The molecule has 0 radical (unpaired) electrons. The number of fused-ring (bicyclic) bond motifs is 3. The third kappa shape index (κ3) is 3.99. The molecule has 4 aromatic rings. The van der Waals surface area contributed by atoms with E-state index < -0.39 is 5.92 Å². The smallest absolute Gasteiger partial charge is 0.184 e. The van der Waals surface area contributed by atoms with Crippen LogP contribution in [0.3, 0.4) is 0 Å². The first-order valence-corrected chi connectivity index (χ1v) is 14.1. The zero-order valence-corrected chi connectivity index (χ0v) is 24.1. The van der Waals surface area contributed by atoms with Crippen LogP contribution < -0.4 is 9.64 Å². The molecule has 8 heteroatoms. The standard InChI is InChI=1S/C33H33N5O3/c1-32(2)15-24-29(26(39)17-32)28(22-14-19-8-6-7-9-23(19)38-31(22)34-35-36-38)30-25(16-33(3,4)18-27(30)40)37(24)20-10-12-21(41-5)13-11-20/h6-14,28H,15-18H2,1-5H3. The van der Waals surface area contributed by atoms with Gasteiger partial charge in [-0.05, 0) is 70.5 Å². The van der Waals surface area contributed by atoms with Crippen LogP contribution in [0.2, 0.25) is 0 Å². The summed E-state index contributed by atoms with van der Waals surface area (Å²) >= 11 is 0. The molecule has 0 N–H and O–H groups in total. The van der Waals surface area contributed by atoms with Crippen LogP contribution in [-0.4, -0.2) is 38.7 Å². The zero-order valence-electron chi connectivity index (χ0n) is 24.1. The summed E-state index contributed by atoms with van der Waals surface area (Å²) in [4.78, 5) is 30.7. The van der Waals surface area contributed by atoms with Gasteiger partial charge in [-0.1, -0.05) is 45.9 Å². The van der Waals surface area contributed by atoms with Crippen molar-refractivity contribution in [3.8, 4) is 5.75 Å². The maximum absolute atomic E-state index is 14.3. The highest BCUT2D eigenvalue weighted by Crippen LogP contribution is 2.56. The molecule has 0 spiro atoms. The van der Waals surface area contributed by atoms with E-state index in [2.05, 4.69) is 54.2 Å². The number of para-hydroxylation sites is 1. The van der Waals surface area contributed by atoms with E-state index >= 15 is 0 Å². The second-order valence-electron chi connectivity index (χ2n) is 13.1. The molecule has 2 aromatic carbocycles. The van der Waals surface area contributed by atoms with Crippen molar-refractivity contribution >= 4 is 33.8 Å². The first kappa shape index (κ1) is 25.6. The number of tetrazole rings is 1. The topological polar surface area (TPSA) is 89.7 Å². The second-order valence-corrected chi connectivity index (χ2v) is 13.1. The summed E-state index contributed by atoms with van der Waals surface area (Å²) in [6.07, 6.45) is 2.24. The van der Waals surface area contributed by atoms with Crippen LogP contribution in [0.4, 0.5) is 5.69 Å². The molecule has 0 atom stereocenters. The van der Waals surface area contributed by atoms with Gasteiger partial charge in [0.15, 0.2) is 17.2 Å². The zero-order chi connectivity index (χ0) is 28.7. The lowest BCUT2D eigenvalue weighted by atomic mass is 9.63. The average molecular weight is 548 g/mol. The molecule has 0 saturated carbocycles. The van der Waals surface area contributed by atoms with Gasteiger partial charge in [0.1, 0.15) is 5.75 Å². The fraction of sp³-hybridized carbons (Fsp3) is 0.364. The van der Waals surface area contributed by atoms with Gasteiger partial charge < -0.3 is 9.64 Å². The number of carbonyl (C=O) groups is 2. The Bertz CT molecular complexity index is 1770. The van der Waals surface area contributed by atoms with Gasteiger partial charge in [-0.25, -0.2) is 0 Å². The number of benzene rings is 2. The molecule has 0 unspecified atom stereocenters. The maximum atomic E-state index is 14.3. The monoisotopic (exact) mass is 547 g/mol. The minimum absolute atomic E-state index is 0.0720. The first-order chi connectivity index (χ1) is 19.6. The number of hydrogen-bond acceptors (Lipinski definition) is 7. The highest BCUT2D eigenvalue weighted by atomic mass is 16.5. The molecule has 41 heavy (non-hydrogen) atoms. The summed E-state index contributed by atoms with van der Waals surface area (Å²) in [5.41, 5.74) is 6.01. The van der Waals surface area contributed by atoms with Crippen molar-refractivity contribution in [2.75, 3.05) is 12.0 Å². The van der Waals surface area contributed by atoms with Crippen molar-refractivity contribution in [2.24, 2.45) is 10.8 Å². The Balaban J connectivity index is 1.57. The second kappa shape index (κ2) is 8.83. The number of allylic oxidation sites excluding steroid dienone is 4.